The number of ketones is 1. The first kappa shape index (κ1) is 8.93. The Morgan fingerprint density at radius 3 is 2.71 bits per heavy atom. The number of carbonyl (C=O) groups is 3. The number of cyclic esters (lactones) is 1. The van der Waals surface area contributed by atoms with Crippen molar-refractivity contribution in [3.8, 4) is 0 Å². The fourth-order valence-electron chi connectivity index (χ4n) is 1.51. The van der Waals surface area contributed by atoms with Crippen LogP contribution in [0.1, 0.15) is 6.42 Å². The zero-order valence-corrected chi connectivity index (χ0v) is 7.49. The van der Waals surface area contributed by atoms with Crippen LogP contribution in [0.3, 0.4) is 0 Å². The molecule has 0 N–H and O–H groups in total. The monoisotopic (exact) mass is 195 g/mol. The molecule has 0 radical (unpaired) electrons. The van der Waals surface area contributed by atoms with E-state index in [1.165, 1.54) is 11.0 Å². The molecule has 0 spiro atoms. The van der Waals surface area contributed by atoms with Gasteiger partial charge in [0.2, 0.25) is 0 Å². The second-order valence-electron chi connectivity index (χ2n) is 3.29. The minimum absolute atomic E-state index is 0.0301. The number of hydrogen-bond acceptors (Lipinski definition) is 4. The van der Waals surface area contributed by atoms with Crippen molar-refractivity contribution in [1.29, 1.82) is 0 Å². The highest BCUT2D eigenvalue weighted by atomic mass is 16.5. The number of ether oxygens (including phenoxy) is 1. The Bertz CT molecular complexity index is 345. The van der Waals surface area contributed by atoms with E-state index in [0.29, 0.717) is 18.5 Å². The molecule has 0 aliphatic carbocycles. The third-order valence-corrected chi connectivity index (χ3v) is 2.25. The lowest BCUT2D eigenvalue weighted by Gasteiger charge is -2.13. The normalized spacial score (nSPS) is 21.1. The number of hydrogen-bond donors (Lipinski definition) is 0. The maximum atomic E-state index is 11.6. The maximum absolute atomic E-state index is 11.6. The van der Waals surface area contributed by atoms with E-state index >= 15 is 0 Å². The van der Waals surface area contributed by atoms with Gasteiger partial charge in [-0.15, -0.1) is 0 Å². The van der Waals surface area contributed by atoms with Crippen LogP contribution in [0.2, 0.25) is 0 Å². The average molecular weight is 195 g/mol. The van der Waals surface area contributed by atoms with Crippen molar-refractivity contribution in [1.82, 2.24) is 4.90 Å². The lowest BCUT2D eigenvalue weighted by molar-refractivity contribution is -0.135. The summed E-state index contributed by atoms with van der Waals surface area (Å²) in [6.45, 7) is 0.635. The number of esters is 1. The molecule has 0 atom stereocenters. The third-order valence-electron chi connectivity index (χ3n) is 2.25. The zero-order chi connectivity index (χ0) is 10.1. The Hall–Kier alpha value is -1.65. The molecule has 1 amide bonds. The van der Waals surface area contributed by atoms with Crippen LogP contribution in [-0.4, -0.2) is 42.3 Å². The summed E-state index contributed by atoms with van der Waals surface area (Å²) in [7, 11) is 0. The van der Waals surface area contributed by atoms with Gasteiger partial charge in [-0.2, -0.15) is 0 Å². The van der Waals surface area contributed by atoms with Crippen molar-refractivity contribution < 1.29 is 19.1 Å². The third kappa shape index (κ3) is 1.53. The van der Waals surface area contributed by atoms with Crippen LogP contribution in [0.15, 0.2) is 11.6 Å². The van der Waals surface area contributed by atoms with E-state index in [2.05, 4.69) is 4.74 Å². The van der Waals surface area contributed by atoms with Gasteiger partial charge < -0.3 is 9.64 Å². The van der Waals surface area contributed by atoms with Gasteiger partial charge in [0, 0.05) is 19.0 Å². The number of rotatable bonds is 1. The van der Waals surface area contributed by atoms with Crippen molar-refractivity contribution in [3.05, 3.63) is 11.6 Å². The Morgan fingerprint density at radius 2 is 2.21 bits per heavy atom. The number of Topliss-reactive ketones (excluding diaryl/α,β-unsaturated/α-hetero) is 1. The lowest BCUT2D eigenvalue weighted by atomic mass is 10.2. The quantitative estimate of drug-likeness (QED) is 0.517. The van der Waals surface area contributed by atoms with Crippen LogP contribution < -0.4 is 0 Å². The second-order valence-corrected chi connectivity index (χ2v) is 3.29. The van der Waals surface area contributed by atoms with Gasteiger partial charge in [-0.05, 0) is 0 Å². The van der Waals surface area contributed by atoms with E-state index in [4.69, 9.17) is 0 Å². The van der Waals surface area contributed by atoms with Crippen molar-refractivity contribution in [3.63, 3.8) is 0 Å². The molecule has 2 aliphatic rings. The SMILES string of the molecule is O=C1CCN(C(=O)C2=CC(=O)OC2)C1. The van der Waals surface area contributed by atoms with E-state index in [9.17, 15) is 14.4 Å². The molecule has 0 aromatic heterocycles. The molecule has 2 aliphatic heterocycles. The van der Waals surface area contributed by atoms with E-state index < -0.39 is 5.97 Å². The summed E-state index contributed by atoms with van der Waals surface area (Å²) in [5.41, 5.74) is 0.338. The van der Waals surface area contributed by atoms with Gasteiger partial charge in [0.05, 0.1) is 12.1 Å². The molecule has 0 aromatic rings. The first-order valence-corrected chi connectivity index (χ1v) is 4.35. The number of likely N-dealkylation sites (tertiary alicyclic amines) is 1. The molecular formula is C9H9NO4. The molecule has 1 fully saturated rings. The molecule has 1 saturated heterocycles. The van der Waals surface area contributed by atoms with Crippen LogP contribution in [0, 0.1) is 0 Å². The van der Waals surface area contributed by atoms with Gasteiger partial charge in [-0.25, -0.2) is 4.79 Å². The summed E-state index contributed by atoms with van der Waals surface area (Å²) in [5.74, 6) is -0.690. The molecule has 0 aromatic carbocycles. The predicted octanol–water partition coefficient (Wildman–Crippen LogP) is -0.729. The zero-order valence-electron chi connectivity index (χ0n) is 7.49. The molecule has 74 valence electrons. The second kappa shape index (κ2) is 3.25. The first-order chi connectivity index (χ1) is 6.66. The minimum atomic E-state index is -0.487. The highest BCUT2D eigenvalue weighted by Gasteiger charge is 2.29. The number of carbonyl (C=O) groups excluding carboxylic acids is 3. The molecule has 14 heavy (non-hydrogen) atoms. The molecule has 0 saturated carbocycles. The Balaban J connectivity index is 2.05. The highest BCUT2D eigenvalue weighted by molar-refractivity contribution is 6.04. The molecular weight excluding hydrogens is 186 g/mol. The molecule has 5 nitrogen and oxygen atoms in total. The summed E-state index contributed by atoms with van der Waals surface area (Å²) in [5, 5.41) is 0. The van der Waals surface area contributed by atoms with Gasteiger partial charge in [-0.3, -0.25) is 9.59 Å². The summed E-state index contributed by atoms with van der Waals surface area (Å²) in [4.78, 5) is 34.7. The Kier molecular flexibility index (Phi) is 2.07. The summed E-state index contributed by atoms with van der Waals surface area (Å²) in [6, 6.07) is 0. The fraction of sp³-hybridized carbons (Fsp3) is 0.444. The molecule has 0 unspecified atom stereocenters. The predicted molar refractivity (Wildman–Crippen MR) is 45.2 cm³/mol. The minimum Gasteiger partial charge on any atom is -0.457 e. The van der Waals surface area contributed by atoms with Crippen molar-refractivity contribution in [2.24, 2.45) is 0 Å². The largest absolute Gasteiger partial charge is 0.457 e. The standard InChI is InChI=1S/C9H9NO4/c11-7-1-2-10(4-7)9(13)6-3-8(12)14-5-6/h3H,1-2,4-5H2. The molecule has 2 heterocycles. The first-order valence-electron chi connectivity index (χ1n) is 4.35. The Morgan fingerprint density at radius 1 is 1.43 bits per heavy atom. The molecule has 5 heteroatoms. The Labute approximate surface area is 80.3 Å². The average Bonchev–Trinajstić information content (AvgIpc) is 2.73. The van der Waals surface area contributed by atoms with Gasteiger partial charge in [0.15, 0.2) is 5.78 Å². The smallest absolute Gasteiger partial charge is 0.331 e. The van der Waals surface area contributed by atoms with Gasteiger partial charge in [-0.1, -0.05) is 0 Å². The van der Waals surface area contributed by atoms with E-state index in [0.717, 1.165) is 0 Å². The van der Waals surface area contributed by atoms with Crippen molar-refractivity contribution >= 4 is 17.7 Å². The fourth-order valence-corrected chi connectivity index (χ4v) is 1.51. The van der Waals surface area contributed by atoms with Crippen LogP contribution >= 0.6 is 0 Å². The van der Waals surface area contributed by atoms with Crippen LogP contribution in [0.4, 0.5) is 0 Å². The van der Waals surface area contributed by atoms with Crippen LogP contribution in [0.5, 0.6) is 0 Å². The van der Waals surface area contributed by atoms with E-state index in [1.807, 2.05) is 0 Å². The van der Waals surface area contributed by atoms with Crippen molar-refractivity contribution in [2.45, 2.75) is 6.42 Å². The topological polar surface area (TPSA) is 63.7 Å². The van der Waals surface area contributed by atoms with Crippen LogP contribution in [-0.2, 0) is 19.1 Å². The highest BCUT2D eigenvalue weighted by Crippen LogP contribution is 2.13. The van der Waals surface area contributed by atoms with Crippen LogP contribution in [0.25, 0.3) is 0 Å². The van der Waals surface area contributed by atoms with Crippen molar-refractivity contribution in [2.75, 3.05) is 19.7 Å². The summed E-state index contributed by atoms with van der Waals surface area (Å²) in [6.07, 6.45) is 1.60. The van der Waals surface area contributed by atoms with Gasteiger partial charge in [0.25, 0.3) is 5.91 Å². The van der Waals surface area contributed by atoms with Gasteiger partial charge >= 0.3 is 5.97 Å². The maximum Gasteiger partial charge on any atom is 0.331 e. The summed E-state index contributed by atoms with van der Waals surface area (Å²) >= 11 is 0. The molecule has 0 bridgehead atoms. The number of nitrogens with zero attached hydrogens (tertiary/aromatic N) is 1. The molecule has 2 rings (SSSR count). The lowest BCUT2D eigenvalue weighted by Crippen LogP contribution is -2.30. The van der Waals surface area contributed by atoms with E-state index in [-0.39, 0.29) is 24.8 Å². The van der Waals surface area contributed by atoms with Gasteiger partial charge in [0.1, 0.15) is 6.61 Å². The summed E-state index contributed by atoms with van der Waals surface area (Å²) < 4.78 is 4.61. The van der Waals surface area contributed by atoms with E-state index in [1.54, 1.807) is 0 Å². The number of amides is 1.